The van der Waals surface area contributed by atoms with Crippen LogP contribution in [0.4, 0.5) is 0 Å². The molecule has 0 atom stereocenters. The maximum Gasteiger partial charge on any atom is 0.291 e. The van der Waals surface area contributed by atoms with Crippen molar-refractivity contribution in [1.29, 1.82) is 0 Å². The molecule has 7 nitrogen and oxygen atoms in total. The number of hydrogen-bond acceptors (Lipinski definition) is 7. The standard InChI is InChI=1S/C18H14N4O3S/c1-24-13-5-6-14(25-2)12(8-13)9-15-17(23)22-18(26-15)20-16(21-22)11-4-3-7-19-10-11/h3-10H,1-2H3. The smallest absolute Gasteiger partial charge is 0.291 e. The number of nitrogens with zero attached hydrogens (tertiary/aromatic N) is 4. The minimum atomic E-state index is -0.225. The molecular formula is C18H14N4O3S. The Morgan fingerprint density at radius 3 is 2.77 bits per heavy atom. The van der Waals surface area contributed by atoms with Gasteiger partial charge in [0.05, 0.1) is 18.8 Å². The Balaban J connectivity index is 1.84. The molecule has 0 aliphatic carbocycles. The molecule has 0 saturated heterocycles. The molecule has 1 aromatic carbocycles. The van der Waals surface area contributed by atoms with Gasteiger partial charge in [-0.15, -0.1) is 5.10 Å². The van der Waals surface area contributed by atoms with E-state index in [4.69, 9.17) is 9.47 Å². The van der Waals surface area contributed by atoms with E-state index in [2.05, 4.69) is 15.1 Å². The lowest BCUT2D eigenvalue weighted by molar-refractivity contribution is 0.402. The third-order valence-electron chi connectivity index (χ3n) is 3.83. The van der Waals surface area contributed by atoms with Crippen LogP contribution in [0.15, 0.2) is 47.5 Å². The molecular weight excluding hydrogens is 352 g/mol. The Morgan fingerprint density at radius 1 is 1.19 bits per heavy atom. The van der Waals surface area contributed by atoms with Crippen LogP contribution in [-0.2, 0) is 0 Å². The van der Waals surface area contributed by atoms with E-state index in [1.807, 2.05) is 12.1 Å². The number of thiazole rings is 1. The normalized spacial score (nSPS) is 11.8. The van der Waals surface area contributed by atoms with Crippen LogP contribution in [0.2, 0.25) is 0 Å². The average Bonchev–Trinajstić information content (AvgIpc) is 3.22. The fraction of sp³-hybridized carbons (Fsp3) is 0.111. The zero-order valence-corrected chi connectivity index (χ0v) is 14.9. The number of benzene rings is 1. The molecule has 0 N–H and O–H groups in total. The molecule has 4 rings (SSSR count). The predicted octanol–water partition coefficient (Wildman–Crippen LogP) is 1.78. The highest BCUT2D eigenvalue weighted by atomic mass is 32.1. The number of ether oxygens (including phenoxy) is 2. The molecule has 0 saturated carbocycles. The lowest BCUT2D eigenvalue weighted by Crippen LogP contribution is -2.23. The van der Waals surface area contributed by atoms with Gasteiger partial charge in [0, 0.05) is 23.5 Å². The Morgan fingerprint density at radius 2 is 2.08 bits per heavy atom. The summed E-state index contributed by atoms with van der Waals surface area (Å²) in [4.78, 5) is 21.7. The summed E-state index contributed by atoms with van der Waals surface area (Å²) < 4.78 is 12.4. The van der Waals surface area contributed by atoms with E-state index in [9.17, 15) is 4.79 Å². The quantitative estimate of drug-likeness (QED) is 0.548. The van der Waals surface area contributed by atoms with Crippen LogP contribution in [0.3, 0.4) is 0 Å². The second-order valence-electron chi connectivity index (χ2n) is 5.40. The summed E-state index contributed by atoms with van der Waals surface area (Å²) in [6.07, 6.45) is 5.10. The first-order valence-electron chi connectivity index (χ1n) is 7.73. The molecule has 130 valence electrons. The number of rotatable bonds is 4. The van der Waals surface area contributed by atoms with Gasteiger partial charge in [-0.2, -0.15) is 9.50 Å². The van der Waals surface area contributed by atoms with Crippen molar-refractivity contribution in [2.75, 3.05) is 14.2 Å². The topological polar surface area (TPSA) is 78.6 Å². The highest BCUT2D eigenvalue weighted by Crippen LogP contribution is 2.24. The predicted molar refractivity (Wildman–Crippen MR) is 98.7 cm³/mol. The Kier molecular flexibility index (Phi) is 4.10. The molecule has 0 bridgehead atoms. The Bertz CT molecular complexity index is 1180. The van der Waals surface area contributed by atoms with Crippen molar-refractivity contribution >= 4 is 22.4 Å². The van der Waals surface area contributed by atoms with Crippen molar-refractivity contribution < 1.29 is 9.47 Å². The molecule has 8 heteroatoms. The minimum absolute atomic E-state index is 0.225. The van der Waals surface area contributed by atoms with E-state index in [-0.39, 0.29) is 5.56 Å². The van der Waals surface area contributed by atoms with E-state index in [1.165, 1.54) is 15.9 Å². The third-order valence-corrected chi connectivity index (χ3v) is 4.78. The van der Waals surface area contributed by atoms with Gasteiger partial charge in [-0.3, -0.25) is 9.78 Å². The molecule has 0 aliphatic rings. The van der Waals surface area contributed by atoms with E-state index in [1.54, 1.807) is 50.9 Å². The summed E-state index contributed by atoms with van der Waals surface area (Å²) in [6.45, 7) is 0. The summed E-state index contributed by atoms with van der Waals surface area (Å²) >= 11 is 1.27. The molecule has 0 unspecified atom stereocenters. The zero-order valence-electron chi connectivity index (χ0n) is 14.0. The van der Waals surface area contributed by atoms with Crippen molar-refractivity contribution in [3.63, 3.8) is 0 Å². The van der Waals surface area contributed by atoms with Gasteiger partial charge in [-0.05, 0) is 36.4 Å². The van der Waals surface area contributed by atoms with E-state index >= 15 is 0 Å². The molecule has 26 heavy (non-hydrogen) atoms. The van der Waals surface area contributed by atoms with Crippen LogP contribution < -0.4 is 19.6 Å². The van der Waals surface area contributed by atoms with Gasteiger partial charge in [-0.1, -0.05) is 11.3 Å². The van der Waals surface area contributed by atoms with Crippen LogP contribution in [0.5, 0.6) is 11.5 Å². The van der Waals surface area contributed by atoms with Gasteiger partial charge in [0.2, 0.25) is 4.96 Å². The van der Waals surface area contributed by atoms with E-state index in [0.29, 0.717) is 26.8 Å². The largest absolute Gasteiger partial charge is 0.497 e. The van der Waals surface area contributed by atoms with Crippen molar-refractivity contribution in [1.82, 2.24) is 19.6 Å². The maximum absolute atomic E-state index is 12.7. The fourth-order valence-corrected chi connectivity index (χ4v) is 3.44. The van der Waals surface area contributed by atoms with Crippen LogP contribution in [0.1, 0.15) is 5.56 Å². The summed E-state index contributed by atoms with van der Waals surface area (Å²) in [5.74, 6) is 1.81. The Hall–Kier alpha value is -3.26. The van der Waals surface area contributed by atoms with Crippen LogP contribution in [0.25, 0.3) is 22.4 Å². The Labute approximate surface area is 152 Å². The van der Waals surface area contributed by atoms with E-state index in [0.717, 1.165) is 11.1 Å². The second kappa shape index (κ2) is 6.57. The molecule has 0 amide bonds. The highest BCUT2D eigenvalue weighted by molar-refractivity contribution is 7.15. The van der Waals surface area contributed by atoms with Crippen molar-refractivity contribution in [3.8, 4) is 22.9 Å². The first-order valence-corrected chi connectivity index (χ1v) is 8.55. The fourth-order valence-electron chi connectivity index (χ4n) is 2.54. The second-order valence-corrected chi connectivity index (χ2v) is 6.40. The first-order chi connectivity index (χ1) is 12.7. The SMILES string of the molecule is COc1ccc(OC)c(C=c2sc3nc(-c4cccnc4)nn3c2=O)c1. The number of pyridine rings is 1. The lowest BCUT2D eigenvalue weighted by atomic mass is 10.2. The monoisotopic (exact) mass is 366 g/mol. The molecule has 0 fully saturated rings. The number of aromatic nitrogens is 4. The van der Waals surface area contributed by atoms with Gasteiger partial charge in [0.1, 0.15) is 11.5 Å². The highest BCUT2D eigenvalue weighted by Gasteiger charge is 2.12. The minimum Gasteiger partial charge on any atom is -0.497 e. The molecule has 3 heterocycles. The molecule has 0 aliphatic heterocycles. The molecule has 0 radical (unpaired) electrons. The van der Waals surface area contributed by atoms with Crippen molar-refractivity contribution in [2.24, 2.45) is 0 Å². The van der Waals surface area contributed by atoms with Gasteiger partial charge in [0.15, 0.2) is 5.82 Å². The summed E-state index contributed by atoms with van der Waals surface area (Å²) in [5, 5.41) is 4.31. The third kappa shape index (κ3) is 2.80. The summed E-state index contributed by atoms with van der Waals surface area (Å²) in [6, 6.07) is 9.07. The summed E-state index contributed by atoms with van der Waals surface area (Å²) in [7, 11) is 3.17. The summed E-state index contributed by atoms with van der Waals surface area (Å²) in [5.41, 5.74) is 1.29. The van der Waals surface area contributed by atoms with Gasteiger partial charge in [0.25, 0.3) is 5.56 Å². The number of fused-ring (bicyclic) bond motifs is 1. The van der Waals surface area contributed by atoms with Crippen LogP contribution in [-0.4, -0.2) is 33.8 Å². The van der Waals surface area contributed by atoms with Crippen LogP contribution in [0, 0.1) is 0 Å². The van der Waals surface area contributed by atoms with E-state index < -0.39 is 0 Å². The van der Waals surface area contributed by atoms with Crippen molar-refractivity contribution in [2.45, 2.75) is 0 Å². The maximum atomic E-state index is 12.7. The molecule has 4 aromatic rings. The average molecular weight is 366 g/mol. The first kappa shape index (κ1) is 16.2. The number of methoxy groups -OCH3 is 2. The van der Waals surface area contributed by atoms with Crippen molar-refractivity contribution in [3.05, 3.63) is 63.2 Å². The van der Waals surface area contributed by atoms with Gasteiger partial charge < -0.3 is 9.47 Å². The van der Waals surface area contributed by atoms with Crippen LogP contribution >= 0.6 is 11.3 Å². The lowest BCUT2D eigenvalue weighted by Gasteiger charge is -2.06. The molecule has 0 spiro atoms. The zero-order chi connectivity index (χ0) is 18.1. The van der Waals surface area contributed by atoms with Gasteiger partial charge >= 0.3 is 0 Å². The molecule has 3 aromatic heterocycles. The number of hydrogen-bond donors (Lipinski definition) is 0. The van der Waals surface area contributed by atoms with Gasteiger partial charge in [-0.25, -0.2) is 0 Å².